The van der Waals surface area contributed by atoms with E-state index in [1.54, 1.807) is 13.8 Å². The van der Waals surface area contributed by atoms with Crippen LogP contribution in [0.3, 0.4) is 0 Å². The number of fused-ring (bicyclic) bond motifs is 6. The van der Waals surface area contributed by atoms with Gasteiger partial charge >= 0.3 is 0 Å². The van der Waals surface area contributed by atoms with Gasteiger partial charge in [-0.05, 0) is 108 Å². The minimum Gasteiger partial charge on any atom is -0.316 e. The lowest BCUT2D eigenvalue weighted by Crippen LogP contribution is -2.60. The van der Waals surface area contributed by atoms with Crippen molar-refractivity contribution in [2.24, 2.45) is 0 Å². The highest BCUT2D eigenvalue weighted by Gasteiger charge is 2.56. The van der Waals surface area contributed by atoms with E-state index in [0.717, 1.165) is 53.4 Å². The Kier molecular flexibility index (Phi) is 7.06. The molecule has 4 aromatic heterocycles. The zero-order valence-electron chi connectivity index (χ0n) is 33.0. The second-order valence-electron chi connectivity index (χ2n) is 16.1. The molecule has 61 heavy (non-hydrogen) atoms. The van der Waals surface area contributed by atoms with Crippen molar-refractivity contribution in [3.8, 4) is 22.7 Å². The van der Waals surface area contributed by atoms with Gasteiger partial charge in [0.1, 0.15) is 5.66 Å². The van der Waals surface area contributed by atoms with Crippen LogP contribution in [0.25, 0.3) is 66.4 Å². The van der Waals surface area contributed by atoms with E-state index in [4.69, 9.17) is 0 Å². The molecule has 0 spiro atoms. The average Bonchev–Trinajstić information content (AvgIpc) is 4.14. The van der Waals surface area contributed by atoms with Gasteiger partial charge in [-0.15, -0.1) is 0 Å². The number of rotatable bonds is 6. The van der Waals surface area contributed by atoms with Gasteiger partial charge in [0.2, 0.25) is 0 Å². The van der Waals surface area contributed by atoms with Crippen LogP contribution in [0, 0.1) is 0 Å². The maximum atomic E-state index is 15.4. The first-order valence-corrected chi connectivity index (χ1v) is 20.1. The van der Waals surface area contributed by atoms with Crippen LogP contribution in [0.1, 0.15) is 55.3 Å². The summed E-state index contributed by atoms with van der Waals surface area (Å²) in [5, 5.41) is 3.87. The first kappa shape index (κ1) is 34.8. The van der Waals surface area contributed by atoms with Crippen LogP contribution in [-0.4, -0.2) is 57.4 Å². The van der Waals surface area contributed by atoms with Crippen LogP contribution in [0.15, 0.2) is 170 Å². The van der Waals surface area contributed by atoms with E-state index in [0.29, 0.717) is 22.7 Å². The third kappa shape index (κ3) is 4.66. The molecule has 0 bridgehead atoms. The highest BCUT2D eigenvalue weighted by atomic mass is 16.2. The molecule has 292 valence electrons. The highest BCUT2D eigenvalue weighted by molar-refractivity contribution is 6.28. The molecule has 0 aliphatic carbocycles. The minimum absolute atomic E-state index is 0.185. The van der Waals surface area contributed by atoms with Gasteiger partial charge in [0, 0.05) is 24.8 Å². The lowest BCUT2D eigenvalue weighted by molar-refractivity contribution is 0.00435. The zero-order chi connectivity index (χ0) is 41.3. The fourth-order valence-electron chi connectivity index (χ4n) is 9.73. The summed E-state index contributed by atoms with van der Waals surface area (Å²) in [5.41, 5.74) is 4.45. The average molecular weight is 795 g/mol. The van der Waals surface area contributed by atoms with Crippen molar-refractivity contribution in [1.82, 2.24) is 28.1 Å². The van der Waals surface area contributed by atoms with E-state index in [9.17, 15) is 0 Å². The van der Waals surface area contributed by atoms with E-state index in [1.807, 2.05) is 189 Å². The molecule has 0 atom stereocenters. The van der Waals surface area contributed by atoms with E-state index < -0.39 is 29.3 Å². The second kappa shape index (κ2) is 12.4. The van der Waals surface area contributed by atoms with Gasteiger partial charge < -0.3 is 18.3 Å². The molecule has 0 N–H and O–H groups in total. The summed E-state index contributed by atoms with van der Waals surface area (Å²) in [6, 6.07) is 46.7. The van der Waals surface area contributed by atoms with Crippen molar-refractivity contribution >= 4 is 67.2 Å². The van der Waals surface area contributed by atoms with Gasteiger partial charge in [0.25, 0.3) is 23.6 Å². The third-order valence-electron chi connectivity index (χ3n) is 12.5. The number of hydrogen-bond donors (Lipinski definition) is 0. The quantitative estimate of drug-likeness (QED) is 0.157. The summed E-state index contributed by atoms with van der Waals surface area (Å²) in [7, 11) is 0. The molecule has 0 saturated heterocycles. The number of aromatic nitrogens is 4. The number of amides is 4. The number of nitrogens with zero attached hydrogens (tertiary/aromatic N) is 6. The SMILES string of the molecule is CC(C)(N1C(=O)c2c(-n3ccc4ccccc43)ccc(-n3ccc4ccccc43)c2C1=O)N1C(=O)c2c(-n3ccc4ccccc43)ccc(-n3ccc4ccccc43)c2C1=O. The van der Waals surface area contributed by atoms with E-state index in [-0.39, 0.29) is 22.3 Å². The van der Waals surface area contributed by atoms with Crippen LogP contribution in [0.5, 0.6) is 0 Å². The Morgan fingerprint density at radius 1 is 0.311 bits per heavy atom. The Morgan fingerprint density at radius 3 is 0.787 bits per heavy atom. The highest BCUT2D eigenvalue weighted by Crippen LogP contribution is 2.44. The molecule has 4 amide bonds. The predicted molar refractivity (Wildman–Crippen MR) is 235 cm³/mol. The van der Waals surface area contributed by atoms with Crippen molar-refractivity contribution in [2.45, 2.75) is 19.5 Å². The lowest BCUT2D eigenvalue weighted by Gasteiger charge is -2.40. The Labute approximate surface area is 348 Å². The lowest BCUT2D eigenvalue weighted by atomic mass is 10.0. The monoisotopic (exact) mass is 794 g/mol. The molecule has 10 heteroatoms. The summed E-state index contributed by atoms with van der Waals surface area (Å²) in [4.78, 5) is 63.6. The Balaban J connectivity index is 1.05. The normalized spacial score (nSPS) is 14.1. The largest absolute Gasteiger partial charge is 0.316 e. The van der Waals surface area contributed by atoms with Gasteiger partial charge in [-0.2, -0.15) is 0 Å². The van der Waals surface area contributed by atoms with Crippen LogP contribution in [-0.2, 0) is 0 Å². The molecule has 0 fully saturated rings. The molecule has 12 rings (SSSR count). The first-order valence-electron chi connectivity index (χ1n) is 20.1. The summed E-state index contributed by atoms with van der Waals surface area (Å²) >= 11 is 0. The number of benzene rings is 6. The number of carbonyl (C=O) groups excluding carboxylic acids is 4. The van der Waals surface area contributed by atoms with Crippen molar-refractivity contribution in [3.05, 3.63) is 193 Å². The smallest absolute Gasteiger partial charge is 0.265 e. The molecule has 10 nitrogen and oxygen atoms in total. The molecule has 2 aliphatic heterocycles. The molecule has 0 unspecified atom stereocenters. The van der Waals surface area contributed by atoms with Crippen LogP contribution in [0.4, 0.5) is 0 Å². The minimum atomic E-state index is -1.78. The summed E-state index contributed by atoms with van der Waals surface area (Å²) in [5.74, 6) is -2.44. The van der Waals surface area contributed by atoms with Gasteiger partial charge in [0.05, 0.1) is 67.1 Å². The van der Waals surface area contributed by atoms with E-state index in [1.165, 1.54) is 0 Å². The molecular formula is C51H34N6O4. The second-order valence-corrected chi connectivity index (χ2v) is 16.1. The number of hydrogen-bond acceptors (Lipinski definition) is 4. The van der Waals surface area contributed by atoms with Crippen LogP contribution >= 0.6 is 0 Å². The van der Waals surface area contributed by atoms with Crippen molar-refractivity contribution < 1.29 is 19.2 Å². The fraction of sp³-hybridized carbons (Fsp3) is 0.0588. The maximum Gasteiger partial charge on any atom is 0.265 e. The van der Waals surface area contributed by atoms with Gasteiger partial charge in [-0.3, -0.25) is 19.2 Å². The Hall–Kier alpha value is -8.24. The molecule has 6 heterocycles. The number of para-hydroxylation sites is 4. The van der Waals surface area contributed by atoms with Crippen molar-refractivity contribution in [1.29, 1.82) is 0 Å². The summed E-state index contributed by atoms with van der Waals surface area (Å²) in [6.07, 6.45) is 7.55. The molecule has 10 aromatic rings. The number of carbonyl (C=O) groups is 4. The molecule has 2 aliphatic rings. The van der Waals surface area contributed by atoms with E-state index >= 15 is 19.2 Å². The van der Waals surface area contributed by atoms with Crippen LogP contribution < -0.4 is 0 Å². The fourth-order valence-corrected chi connectivity index (χ4v) is 9.73. The third-order valence-corrected chi connectivity index (χ3v) is 12.5. The maximum absolute atomic E-state index is 15.4. The Bertz CT molecular complexity index is 3120. The van der Waals surface area contributed by atoms with Gasteiger partial charge in [0.15, 0.2) is 0 Å². The molecule has 0 saturated carbocycles. The Morgan fingerprint density at radius 2 is 0.541 bits per heavy atom. The summed E-state index contributed by atoms with van der Waals surface area (Å²) in [6.45, 7) is 3.20. The molecule has 0 radical (unpaired) electrons. The topological polar surface area (TPSA) is 94.5 Å². The van der Waals surface area contributed by atoms with Crippen molar-refractivity contribution in [3.63, 3.8) is 0 Å². The standard InChI is InChI=1S/C51H34N6O4/c1-51(2,56-47(58)43-39(52-27-23-31-11-3-7-15-35(31)52)19-20-40(44(43)48(56)59)53-28-24-32-12-4-8-16-36(32)53)57-49(60)45-41(54-29-25-33-13-5-9-17-37(33)54)21-22-42(46(45)50(57)61)55-30-26-34-14-6-10-18-38(34)55/h3-30H,1-2H3. The van der Waals surface area contributed by atoms with Crippen molar-refractivity contribution in [2.75, 3.05) is 0 Å². The molecular weight excluding hydrogens is 761 g/mol. The number of imide groups is 2. The predicted octanol–water partition coefficient (Wildman–Crippen LogP) is 10.1. The van der Waals surface area contributed by atoms with Gasteiger partial charge in [-0.25, -0.2) is 9.80 Å². The molecule has 6 aromatic carbocycles. The zero-order valence-corrected chi connectivity index (χ0v) is 33.0. The first-order chi connectivity index (χ1) is 29.7. The van der Waals surface area contributed by atoms with Gasteiger partial charge in [-0.1, -0.05) is 72.8 Å². The van der Waals surface area contributed by atoms with E-state index in [2.05, 4.69) is 0 Å². The van der Waals surface area contributed by atoms with Crippen LogP contribution in [0.2, 0.25) is 0 Å². The summed E-state index contributed by atoms with van der Waals surface area (Å²) < 4.78 is 7.65.